The predicted octanol–water partition coefficient (Wildman–Crippen LogP) is 5.36. The molecule has 0 radical (unpaired) electrons. The predicted molar refractivity (Wildman–Crippen MR) is 138 cm³/mol. The van der Waals surface area contributed by atoms with Gasteiger partial charge in [-0.2, -0.15) is 20.1 Å². The van der Waals surface area contributed by atoms with Gasteiger partial charge in [-0.1, -0.05) is 12.1 Å². The van der Waals surface area contributed by atoms with Crippen molar-refractivity contribution >= 4 is 35.4 Å². The lowest BCUT2D eigenvalue weighted by atomic mass is 10.1. The third kappa shape index (κ3) is 5.86. The van der Waals surface area contributed by atoms with Crippen LogP contribution in [0.4, 0.5) is 33.6 Å². The molecule has 2 aromatic carbocycles. The SMILES string of the molecule is O=[N+]([O-])c1ccccc1-c1ccc(/C=N\Nc2nc(Nc3ccc(F)cc3)nc(N3CCCCC3)n2)o1. The van der Waals surface area contributed by atoms with Crippen molar-refractivity contribution in [3.05, 3.63) is 82.4 Å². The van der Waals surface area contributed by atoms with Gasteiger partial charge in [-0.15, -0.1) is 0 Å². The molecule has 4 aromatic rings. The fraction of sp³-hybridized carbons (Fsp3) is 0.200. The molecular weight excluding hydrogens is 479 g/mol. The quantitative estimate of drug-likeness (QED) is 0.185. The van der Waals surface area contributed by atoms with Gasteiger partial charge in [-0.3, -0.25) is 10.1 Å². The molecule has 1 saturated heterocycles. The van der Waals surface area contributed by atoms with Crippen molar-refractivity contribution < 1.29 is 13.7 Å². The number of nitro groups is 1. The molecule has 1 aliphatic heterocycles. The number of piperidine rings is 1. The second-order valence-corrected chi connectivity index (χ2v) is 8.31. The van der Waals surface area contributed by atoms with Crippen LogP contribution in [0, 0.1) is 15.9 Å². The van der Waals surface area contributed by atoms with Crippen molar-refractivity contribution in [3.8, 4) is 11.3 Å². The summed E-state index contributed by atoms with van der Waals surface area (Å²) in [6.07, 6.45) is 4.69. The Morgan fingerprint density at radius 1 is 0.973 bits per heavy atom. The first-order valence-corrected chi connectivity index (χ1v) is 11.7. The number of furan rings is 1. The molecule has 0 saturated carbocycles. The lowest BCUT2D eigenvalue weighted by molar-refractivity contribution is -0.384. The van der Waals surface area contributed by atoms with Gasteiger partial charge in [0.05, 0.1) is 16.7 Å². The number of aromatic nitrogens is 3. The summed E-state index contributed by atoms with van der Waals surface area (Å²) in [5, 5.41) is 18.6. The zero-order valence-corrected chi connectivity index (χ0v) is 19.7. The van der Waals surface area contributed by atoms with Gasteiger partial charge in [-0.05, 0) is 61.7 Å². The van der Waals surface area contributed by atoms with E-state index in [9.17, 15) is 14.5 Å². The Morgan fingerprint density at radius 2 is 1.73 bits per heavy atom. The lowest BCUT2D eigenvalue weighted by Gasteiger charge is -2.26. The number of halogens is 1. The highest BCUT2D eigenvalue weighted by Gasteiger charge is 2.18. The fourth-order valence-electron chi connectivity index (χ4n) is 3.93. The molecule has 2 aromatic heterocycles. The van der Waals surface area contributed by atoms with Crippen LogP contribution in [0.15, 0.2) is 70.2 Å². The van der Waals surface area contributed by atoms with Crippen LogP contribution in [0.5, 0.6) is 0 Å². The summed E-state index contributed by atoms with van der Waals surface area (Å²) in [7, 11) is 0. The maximum atomic E-state index is 13.3. The molecule has 0 spiro atoms. The molecule has 0 bridgehead atoms. The number of hydrogen-bond acceptors (Lipinski definition) is 10. The summed E-state index contributed by atoms with van der Waals surface area (Å²) in [5.74, 6) is 1.41. The molecule has 2 N–H and O–H groups in total. The topological polar surface area (TPSA) is 135 Å². The van der Waals surface area contributed by atoms with Gasteiger partial charge < -0.3 is 14.6 Å². The van der Waals surface area contributed by atoms with Crippen LogP contribution in [0.25, 0.3) is 11.3 Å². The van der Waals surface area contributed by atoms with Crippen LogP contribution in [-0.2, 0) is 0 Å². The minimum absolute atomic E-state index is 0.0462. The number of nitrogens with one attached hydrogen (secondary N) is 2. The van der Waals surface area contributed by atoms with E-state index >= 15 is 0 Å². The Bertz CT molecular complexity index is 1420. The molecule has 188 valence electrons. The molecule has 5 rings (SSSR count). The third-order valence-electron chi connectivity index (χ3n) is 5.71. The highest BCUT2D eigenvalue weighted by Crippen LogP contribution is 2.30. The second kappa shape index (κ2) is 10.8. The number of nitrogens with zero attached hydrogens (tertiary/aromatic N) is 6. The maximum absolute atomic E-state index is 13.3. The minimum Gasteiger partial charge on any atom is -0.455 e. The zero-order chi connectivity index (χ0) is 25.6. The summed E-state index contributed by atoms with van der Waals surface area (Å²) in [6.45, 7) is 1.67. The number of para-hydroxylation sites is 1. The Hall–Kier alpha value is -4.87. The van der Waals surface area contributed by atoms with E-state index in [1.165, 1.54) is 24.4 Å². The Balaban J connectivity index is 1.35. The average molecular weight is 503 g/mol. The monoisotopic (exact) mass is 502 g/mol. The van der Waals surface area contributed by atoms with Gasteiger partial charge in [0.2, 0.25) is 17.8 Å². The Kier molecular flexibility index (Phi) is 6.97. The van der Waals surface area contributed by atoms with Crippen LogP contribution in [0.3, 0.4) is 0 Å². The van der Waals surface area contributed by atoms with Crippen molar-refractivity contribution in [1.29, 1.82) is 0 Å². The molecule has 1 fully saturated rings. The minimum atomic E-state index is -0.453. The summed E-state index contributed by atoms with van der Waals surface area (Å²) in [4.78, 5) is 26.4. The summed E-state index contributed by atoms with van der Waals surface area (Å²) in [6, 6.07) is 15.5. The standard InChI is InChI=1S/C25H23FN8O3/c26-17-8-10-18(11-9-17)28-23-29-24(31-25(30-23)33-14-4-1-5-15-33)32-27-16-19-12-13-22(37-19)20-6-2-3-7-21(20)34(35)36/h2-3,6-13,16H,1,4-5,14-15H2,(H2,28,29,30,31,32)/b27-16-. The van der Waals surface area contributed by atoms with E-state index in [2.05, 4.69) is 35.7 Å². The third-order valence-corrected chi connectivity index (χ3v) is 5.71. The molecule has 1 aliphatic rings. The van der Waals surface area contributed by atoms with Gasteiger partial charge >= 0.3 is 0 Å². The first kappa shape index (κ1) is 23.9. The van der Waals surface area contributed by atoms with Gasteiger partial charge in [0.25, 0.3) is 5.69 Å². The lowest BCUT2D eigenvalue weighted by Crippen LogP contribution is -2.31. The zero-order valence-electron chi connectivity index (χ0n) is 19.7. The van der Waals surface area contributed by atoms with Crippen LogP contribution in [0.1, 0.15) is 25.0 Å². The number of nitro benzene ring substituents is 1. The first-order valence-electron chi connectivity index (χ1n) is 11.7. The molecule has 0 amide bonds. The van der Waals surface area contributed by atoms with Gasteiger partial charge in [0.1, 0.15) is 17.3 Å². The highest BCUT2D eigenvalue weighted by molar-refractivity contribution is 5.79. The highest BCUT2D eigenvalue weighted by atomic mass is 19.1. The number of benzene rings is 2. The average Bonchev–Trinajstić information content (AvgIpc) is 3.39. The van der Waals surface area contributed by atoms with Crippen molar-refractivity contribution in [3.63, 3.8) is 0 Å². The molecule has 37 heavy (non-hydrogen) atoms. The molecule has 12 heteroatoms. The van der Waals surface area contributed by atoms with E-state index in [0.29, 0.717) is 28.7 Å². The normalized spacial score (nSPS) is 13.6. The first-order chi connectivity index (χ1) is 18.0. The summed E-state index contributed by atoms with van der Waals surface area (Å²) in [5.41, 5.74) is 3.76. The van der Waals surface area contributed by atoms with Gasteiger partial charge in [0, 0.05) is 24.8 Å². The van der Waals surface area contributed by atoms with E-state index in [1.54, 1.807) is 42.5 Å². The van der Waals surface area contributed by atoms with E-state index in [0.717, 1.165) is 32.4 Å². The van der Waals surface area contributed by atoms with E-state index < -0.39 is 4.92 Å². The summed E-state index contributed by atoms with van der Waals surface area (Å²) < 4.78 is 19.0. The molecule has 0 atom stereocenters. The van der Waals surface area contributed by atoms with Crippen molar-refractivity contribution in [2.24, 2.45) is 5.10 Å². The molecular formula is C25H23FN8O3. The number of anilines is 4. The van der Waals surface area contributed by atoms with Gasteiger partial charge in [0.15, 0.2) is 0 Å². The van der Waals surface area contributed by atoms with Crippen molar-refractivity contribution in [2.75, 3.05) is 28.7 Å². The van der Waals surface area contributed by atoms with E-state index in [4.69, 9.17) is 4.42 Å². The molecule has 0 aliphatic carbocycles. The van der Waals surface area contributed by atoms with Gasteiger partial charge in [-0.25, -0.2) is 9.82 Å². The van der Waals surface area contributed by atoms with Crippen LogP contribution in [-0.4, -0.2) is 39.2 Å². The number of rotatable bonds is 8. The number of hydrazone groups is 1. The summed E-state index contributed by atoms with van der Waals surface area (Å²) >= 11 is 0. The van der Waals surface area contributed by atoms with E-state index in [1.807, 2.05) is 0 Å². The van der Waals surface area contributed by atoms with Crippen molar-refractivity contribution in [1.82, 2.24) is 15.0 Å². The Morgan fingerprint density at radius 3 is 2.51 bits per heavy atom. The Labute approximate surface area is 211 Å². The largest absolute Gasteiger partial charge is 0.455 e. The van der Waals surface area contributed by atoms with Crippen LogP contribution in [0.2, 0.25) is 0 Å². The molecule has 3 heterocycles. The second-order valence-electron chi connectivity index (χ2n) is 8.31. The molecule has 11 nitrogen and oxygen atoms in total. The van der Waals surface area contributed by atoms with Crippen molar-refractivity contribution in [2.45, 2.75) is 19.3 Å². The smallest absolute Gasteiger partial charge is 0.280 e. The van der Waals surface area contributed by atoms with E-state index in [-0.39, 0.29) is 23.4 Å². The van der Waals surface area contributed by atoms with Crippen LogP contribution >= 0.6 is 0 Å². The maximum Gasteiger partial charge on any atom is 0.280 e. The number of hydrogen-bond donors (Lipinski definition) is 2. The fourth-order valence-corrected chi connectivity index (χ4v) is 3.93. The molecule has 0 unspecified atom stereocenters. The van der Waals surface area contributed by atoms with Crippen LogP contribution < -0.4 is 15.6 Å².